The van der Waals surface area contributed by atoms with E-state index >= 15 is 0 Å². The first-order chi connectivity index (χ1) is 17.9. The van der Waals surface area contributed by atoms with Gasteiger partial charge in [-0.3, -0.25) is 4.79 Å². The van der Waals surface area contributed by atoms with Crippen molar-refractivity contribution in [2.75, 3.05) is 67.9 Å². The topological polar surface area (TPSA) is 77.2 Å². The Morgan fingerprint density at radius 2 is 1.46 bits per heavy atom. The Labute approximate surface area is 218 Å². The molecular formula is C29H35N5O3. The van der Waals surface area contributed by atoms with Crippen molar-refractivity contribution in [1.82, 2.24) is 4.90 Å². The van der Waals surface area contributed by atoms with E-state index in [-0.39, 0.29) is 11.9 Å². The number of hydrogen-bond acceptors (Lipinski definition) is 5. The lowest BCUT2D eigenvalue weighted by atomic mass is 10.1. The van der Waals surface area contributed by atoms with Crippen molar-refractivity contribution in [3.8, 4) is 0 Å². The minimum absolute atomic E-state index is 0.107. The van der Waals surface area contributed by atoms with Crippen LogP contribution in [0.1, 0.15) is 22.8 Å². The Kier molecular flexibility index (Phi) is 8.30. The standard InChI is InChI=1S/C29H35N5O3/c1-5-21-20-24(30-28(35)22-6-11-25(12-7-22)32(2)3)10-15-27(21)33(4)26-13-8-23(9-14-26)31-29(36)34-16-18-37-19-17-34/h6-15,20H,5,16-19H2,1-4H3,(H,30,35)(H,31,36). The van der Waals surface area contributed by atoms with Crippen LogP contribution in [0.25, 0.3) is 0 Å². The molecule has 37 heavy (non-hydrogen) atoms. The molecule has 0 saturated carbocycles. The van der Waals surface area contributed by atoms with Gasteiger partial charge in [-0.05, 0) is 78.7 Å². The number of hydrogen-bond donors (Lipinski definition) is 2. The molecular weight excluding hydrogens is 466 g/mol. The fourth-order valence-corrected chi connectivity index (χ4v) is 4.26. The van der Waals surface area contributed by atoms with Crippen molar-refractivity contribution < 1.29 is 14.3 Å². The molecule has 0 unspecified atom stereocenters. The molecule has 3 aromatic rings. The largest absolute Gasteiger partial charge is 0.378 e. The van der Waals surface area contributed by atoms with E-state index in [0.29, 0.717) is 31.9 Å². The molecule has 8 heteroatoms. The van der Waals surface area contributed by atoms with E-state index in [0.717, 1.165) is 40.4 Å². The third-order valence-corrected chi connectivity index (χ3v) is 6.53. The van der Waals surface area contributed by atoms with E-state index < -0.39 is 0 Å². The molecule has 0 bridgehead atoms. The number of anilines is 5. The van der Waals surface area contributed by atoms with Gasteiger partial charge in [0.1, 0.15) is 0 Å². The number of nitrogens with one attached hydrogen (secondary N) is 2. The zero-order chi connectivity index (χ0) is 26.4. The van der Waals surface area contributed by atoms with Crippen LogP contribution in [0.15, 0.2) is 66.7 Å². The average molecular weight is 502 g/mol. The van der Waals surface area contributed by atoms with Gasteiger partial charge in [-0.2, -0.15) is 0 Å². The maximum Gasteiger partial charge on any atom is 0.321 e. The van der Waals surface area contributed by atoms with Gasteiger partial charge in [-0.25, -0.2) is 4.79 Å². The summed E-state index contributed by atoms with van der Waals surface area (Å²) < 4.78 is 5.31. The summed E-state index contributed by atoms with van der Waals surface area (Å²) in [6, 6.07) is 21.2. The van der Waals surface area contributed by atoms with Gasteiger partial charge in [0.15, 0.2) is 0 Å². The SMILES string of the molecule is CCc1cc(NC(=O)c2ccc(N(C)C)cc2)ccc1N(C)c1ccc(NC(=O)N2CCOCC2)cc1. The van der Waals surface area contributed by atoms with E-state index in [4.69, 9.17) is 4.74 Å². The van der Waals surface area contributed by atoms with Crippen molar-refractivity contribution in [2.24, 2.45) is 0 Å². The van der Waals surface area contributed by atoms with E-state index in [2.05, 4.69) is 22.5 Å². The van der Waals surface area contributed by atoms with E-state index in [9.17, 15) is 9.59 Å². The molecule has 0 spiro atoms. The lowest BCUT2D eigenvalue weighted by Crippen LogP contribution is -2.43. The van der Waals surface area contributed by atoms with Gasteiger partial charge < -0.3 is 30.1 Å². The maximum absolute atomic E-state index is 12.8. The van der Waals surface area contributed by atoms with E-state index in [1.807, 2.05) is 92.8 Å². The second-order valence-corrected chi connectivity index (χ2v) is 9.23. The smallest absolute Gasteiger partial charge is 0.321 e. The third-order valence-electron chi connectivity index (χ3n) is 6.53. The molecule has 0 aliphatic carbocycles. The van der Waals surface area contributed by atoms with Crippen LogP contribution in [0, 0.1) is 0 Å². The quantitative estimate of drug-likeness (QED) is 0.465. The summed E-state index contributed by atoms with van der Waals surface area (Å²) in [5, 5.41) is 5.98. The van der Waals surface area contributed by atoms with Gasteiger partial charge in [-0.15, -0.1) is 0 Å². The van der Waals surface area contributed by atoms with Crippen LogP contribution in [0.3, 0.4) is 0 Å². The lowest BCUT2D eigenvalue weighted by molar-refractivity contribution is 0.0564. The van der Waals surface area contributed by atoms with Crippen molar-refractivity contribution in [2.45, 2.75) is 13.3 Å². The van der Waals surface area contributed by atoms with Gasteiger partial charge in [0, 0.05) is 68.2 Å². The lowest BCUT2D eigenvalue weighted by Gasteiger charge is -2.27. The highest BCUT2D eigenvalue weighted by molar-refractivity contribution is 6.04. The van der Waals surface area contributed by atoms with Crippen LogP contribution in [-0.4, -0.2) is 64.3 Å². The first-order valence-electron chi connectivity index (χ1n) is 12.5. The Balaban J connectivity index is 1.42. The molecule has 1 aliphatic rings. The predicted molar refractivity (Wildman–Crippen MR) is 150 cm³/mol. The fraction of sp³-hybridized carbons (Fsp3) is 0.310. The number of urea groups is 1. The maximum atomic E-state index is 12.8. The third kappa shape index (κ3) is 6.40. The minimum atomic E-state index is -0.136. The first-order valence-corrected chi connectivity index (χ1v) is 12.5. The number of carbonyl (C=O) groups is 2. The normalized spacial score (nSPS) is 13.1. The zero-order valence-corrected chi connectivity index (χ0v) is 22.0. The second kappa shape index (κ2) is 11.8. The summed E-state index contributed by atoms with van der Waals surface area (Å²) in [5.41, 5.74) is 6.35. The summed E-state index contributed by atoms with van der Waals surface area (Å²) in [6.45, 7) is 4.45. The highest BCUT2D eigenvalue weighted by Crippen LogP contribution is 2.31. The van der Waals surface area contributed by atoms with E-state index in [1.165, 1.54) is 0 Å². The van der Waals surface area contributed by atoms with Crippen molar-refractivity contribution in [3.63, 3.8) is 0 Å². The van der Waals surface area contributed by atoms with Crippen molar-refractivity contribution >= 4 is 40.4 Å². The zero-order valence-electron chi connectivity index (χ0n) is 22.0. The summed E-state index contributed by atoms with van der Waals surface area (Å²) in [7, 11) is 5.96. The number of ether oxygens (including phenoxy) is 1. The van der Waals surface area contributed by atoms with Gasteiger partial charge in [0.25, 0.3) is 5.91 Å². The van der Waals surface area contributed by atoms with Gasteiger partial charge >= 0.3 is 6.03 Å². The van der Waals surface area contributed by atoms with Crippen LogP contribution >= 0.6 is 0 Å². The number of rotatable bonds is 7. The Morgan fingerprint density at radius 3 is 2.08 bits per heavy atom. The number of amides is 3. The number of benzene rings is 3. The van der Waals surface area contributed by atoms with Crippen molar-refractivity contribution in [1.29, 1.82) is 0 Å². The monoisotopic (exact) mass is 501 g/mol. The molecule has 2 N–H and O–H groups in total. The molecule has 0 aromatic heterocycles. The van der Waals surface area contributed by atoms with Crippen LogP contribution in [0.5, 0.6) is 0 Å². The van der Waals surface area contributed by atoms with Crippen LogP contribution in [-0.2, 0) is 11.2 Å². The number of morpholine rings is 1. The molecule has 1 aliphatic heterocycles. The van der Waals surface area contributed by atoms with Crippen LogP contribution in [0.4, 0.5) is 33.2 Å². The van der Waals surface area contributed by atoms with Gasteiger partial charge in [0.2, 0.25) is 0 Å². The number of aryl methyl sites for hydroxylation is 1. The highest BCUT2D eigenvalue weighted by atomic mass is 16.5. The van der Waals surface area contributed by atoms with Crippen LogP contribution in [0.2, 0.25) is 0 Å². The molecule has 3 amide bonds. The number of nitrogens with zero attached hydrogens (tertiary/aromatic N) is 3. The Hall–Kier alpha value is -4.04. The van der Waals surface area contributed by atoms with E-state index in [1.54, 1.807) is 4.90 Å². The van der Waals surface area contributed by atoms with Crippen LogP contribution < -0.4 is 20.4 Å². The molecule has 1 fully saturated rings. The second-order valence-electron chi connectivity index (χ2n) is 9.23. The molecule has 3 aromatic carbocycles. The summed E-state index contributed by atoms with van der Waals surface area (Å²) >= 11 is 0. The Morgan fingerprint density at radius 1 is 0.838 bits per heavy atom. The molecule has 0 atom stereocenters. The molecule has 1 heterocycles. The summed E-state index contributed by atoms with van der Waals surface area (Å²) in [4.78, 5) is 31.1. The minimum Gasteiger partial charge on any atom is -0.378 e. The van der Waals surface area contributed by atoms with Crippen molar-refractivity contribution in [3.05, 3.63) is 77.9 Å². The fourth-order valence-electron chi connectivity index (χ4n) is 4.26. The molecule has 194 valence electrons. The van der Waals surface area contributed by atoms with Gasteiger partial charge in [-0.1, -0.05) is 6.92 Å². The molecule has 1 saturated heterocycles. The molecule has 8 nitrogen and oxygen atoms in total. The average Bonchev–Trinajstić information content (AvgIpc) is 2.93. The summed E-state index contributed by atoms with van der Waals surface area (Å²) in [6.07, 6.45) is 0.814. The molecule has 0 radical (unpaired) electrons. The Bertz CT molecular complexity index is 1220. The highest BCUT2D eigenvalue weighted by Gasteiger charge is 2.17. The molecule has 4 rings (SSSR count). The first kappa shape index (κ1) is 26.0. The predicted octanol–water partition coefficient (Wildman–Crippen LogP) is 5.20. The summed E-state index contributed by atoms with van der Waals surface area (Å²) in [5.74, 6) is -0.136. The number of carbonyl (C=O) groups excluding carboxylic acids is 2. The van der Waals surface area contributed by atoms with Gasteiger partial charge in [0.05, 0.1) is 13.2 Å².